The molecule has 0 N–H and O–H groups in total. The third-order valence-electron chi connectivity index (χ3n) is 5.92. The average molecular weight is 475 g/mol. The molecule has 6 heteroatoms. The summed E-state index contributed by atoms with van der Waals surface area (Å²) in [6.45, 7) is 3.48. The van der Waals surface area contributed by atoms with Crippen molar-refractivity contribution in [2.45, 2.75) is 25.9 Å². The Labute approximate surface area is 208 Å². The van der Waals surface area contributed by atoms with E-state index in [1.54, 1.807) is 7.11 Å². The number of carbonyl (C=O) groups is 2. The van der Waals surface area contributed by atoms with Gasteiger partial charge in [-0.2, -0.15) is 0 Å². The van der Waals surface area contributed by atoms with E-state index in [2.05, 4.69) is 11.8 Å². The van der Waals surface area contributed by atoms with E-state index in [0.717, 1.165) is 35.3 Å². The standard InChI is InChI=1S/C29H34N2O4/c1-5-31(26-20-27(34-4)24(21-32)19-25(26)30(2)3)18-12-17-28(33)35-29(22-13-8-6-9-14-22)23-15-10-7-11-16-23/h6-11,13-16,19-21,29H,5,12,17-18H2,1-4H3. The average Bonchev–Trinajstić information content (AvgIpc) is 2.90. The van der Waals surface area contributed by atoms with Crippen LogP contribution >= 0.6 is 0 Å². The van der Waals surface area contributed by atoms with E-state index in [0.29, 0.717) is 30.7 Å². The van der Waals surface area contributed by atoms with Gasteiger partial charge in [0.05, 0.1) is 24.0 Å². The molecule has 0 radical (unpaired) electrons. The predicted octanol–water partition coefficient (Wildman–Crippen LogP) is 5.51. The molecule has 0 unspecified atom stereocenters. The highest BCUT2D eigenvalue weighted by Gasteiger charge is 2.20. The maximum Gasteiger partial charge on any atom is 0.306 e. The second kappa shape index (κ2) is 12.6. The number of anilines is 2. The summed E-state index contributed by atoms with van der Waals surface area (Å²) in [5.74, 6) is 0.299. The Morgan fingerprint density at radius 3 is 2.03 bits per heavy atom. The maximum absolute atomic E-state index is 12.9. The molecule has 3 rings (SSSR count). The van der Waals surface area contributed by atoms with Crippen LogP contribution in [0.3, 0.4) is 0 Å². The van der Waals surface area contributed by atoms with E-state index < -0.39 is 6.10 Å². The first-order valence-corrected chi connectivity index (χ1v) is 11.9. The van der Waals surface area contributed by atoms with Gasteiger partial charge in [-0.05, 0) is 30.5 Å². The highest BCUT2D eigenvalue weighted by molar-refractivity contribution is 5.86. The molecule has 0 saturated carbocycles. The minimum Gasteiger partial charge on any atom is -0.496 e. The molecule has 0 aromatic heterocycles. The number of carbonyl (C=O) groups excluding carboxylic acids is 2. The molecule has 0 atom stereocenters. The normalized spacial score (nSPS) is 10.7. The van der Waals surface area contributed by atoms with E-state index in [9.17, 15) is 9.59 Å². The molecule has 0 aliphatic heterocycles. The van der Waals surface area contributed by atoms with Gasteiger partial charge in [0, 0.05) is 39.7 Å². The summed E-state index contributed by atoms with van der Waals surface area (Å²) in [4.78, 5) is 28.5. The Morgan fingerprint density at radius 2 is 1.54 bits per heavy atom. The Morgan fingerprint density at radius 1 is 0.943 bits per heavy atom. The van der Waals surface area contributed by atoms with Crippen molar-refractivity contribution < 1.29 is 19.1 Å². The zero-order valence-electron chi connectivity index (χ0n) is 20.9. The van der Waals surface area contributed by atoms with Gasteiger partial charge < -0.3 is 19.3 Å². The van der Waals surface area contributed by atoms with Gasteiger partial charge in [-0.1, -0.05) is 60.7 Å². The van der Waals surface area contributed by atoms with Crippen molar-refractivity contribution >= 4 is 23.6 Å². The number of hydrogen-bond donors (Lipinski definition) is 0. The van der Waals surface area contributed by atoms with Crippen LogP contribution in [0.5, 0.6) is 5.75 Å². The second-order valence-corrected chi connectivity index (χ2v) is 8.47. The third kappa shape index (κ3) is 6.63. The van der Waals surface area contributed by atoms with Crippen LogP contribution < -0.4 is 14.5 Å². The molecule has 0 bridgehead atoms. The fraction of sp³-hybridized carbons (Fsp3) is 0.310. The van der Waals surface area contributed by atoms with Crippen LogP contribution in [-0.2, 0) is 9.53 Å². The van der Waals surface area contributed by atoms with Gasteiger partial charge in [0.15, 0.2) is 12.4 Å². The Hall–Kier alpha value is -3.80. The van der Waals surface area contributed by atoms with Crippen LogP contribution in [-0.4, -0.2) is 46.6 Å². The number of rotatable bonds is 12. The third-order valence-corrected chi connectivity index (χ3v) is 5.92. The number of ether oxygens (including phenoxy) is 2. The van der Waals surface area contributed by atoms with Crippen LogP contribution in [0.25, 0.3) is 0 Å². The molecule has 184 valence electrons. The molecular weight excluding hydrogens is 440 g/mol. The van der Waals surface area contributed by atoms with Crippen molar-refractivity contribution in [3.05, 3.63) is 89.5 Å². The fourth-order valence-corrected chi connectivity index (χ4v) is 4.09. The van der Waals surface area contributed by atoms with Gasteiger partial charge in [-0.15, -0.1) is 0 Å². The molecule has 0 aliphatic carbocycles. The lowest BCUT2D eigenvalue weighted by molar-refractivity contribution is -0.147. The molecule has 0 amide bonds. The summed E-state index contributed by atoms with van der Waals surface area (Å²) in [5.41, 5.74) is 4.28. The van der Waals surface area contributed by atoms with Crippen LogP contribution in [0.1, 0.15) is 47.4 Å². The Bertz CT molecular complexity index is 1060. The summed E-state index contributed by atoms with van der Waals surface area (Å²) < 4.78 is 11.4. The summed E-state index contributed by atoms with van der Waals surface area (Å²) in [6.07, 6.45) is 1.30. The summed E-state index contributed by atoms with van der Waals surface area (Å²) in [6, 6.07) is 23.3. The van der Waals surface area contributed by atoms with E-state index in [1.807, 2.05) is 91.8 Å². The molecule has 0 spiro atoms. The molecule has 0 heterocycles. The number of hydrogen-bond acceptors (Lipinski definition) is 6. The van der Waals surface area contributed by atoms with Crippen molar-refractivity contribution in [1.82, 2.24) is 0 Å². The highest BCUT2D eigenvalue weighted by atomic mass is 16.5. The van der Waals surface area contributed by atoms with E-state index in [-0.39, 0.29) is 5.97 Å². The van der Waals surface area contributed by atoms with Crippen molar-refractivity contribution in [2.75, 3.05) is 44.1 Å². The lowest BCUT2D eigenvalue weighted by Crippen LogP contribution is -2.27. The first-order chi connectivity index (χ1) is 17.0. The summed E-state index contributed by atoms with van der Waals surface area (Å²) in [5, 5.41) is 0. The fourth-order valence-electron chi connectivity index (χ4n) is 4.09. The zero-order valence-corrected chi connectivity index (χ0v) is 20.9. The molecular formula is C29H34N2O4. The first-order valence-electron chi connectivity index (χ1n) is 11.9. The van der Waals surface area contributed by atoms with Gasteiger partial charge >= 0.3 is 5.97 Å². The second-order valence-electron chi connectivity index (χ2n) is 8.47. The monoisotopic (exact) mass is 474 g/mol. The SMILES string of the molecule is CCN(CCCC(=O)OC(c1ccccc1)c1ccccc1)c1cc(OC)c(C=O)cc1N(C)C. The van der Waals surface area contributed by atoms with E-state index in [4.69, 9.17) is 9.47 Å². The Balaban J connectivity index is 1.70. The van der Waals surface area contributed by atoms with Crippen LogP contribution in [0, 0.1) is 0 Å². The van der Waals surface area contributed by atoms with Crippen LogP contribution in [0.2, 0.25) is 0 Å². The summed E-state index contributed by atoms with van der Waals surface area (Å²) in [7, 11) is 5.44. The Kier molecular flexibility index (Phi) is 9.30. The number of methoxy groups -OCH3 is 1. The predicted molar refractivity (Wildman–Crippen MR) is 141 cm³/mol. The van der Waals surface area contributed by atoms with Crippen molar-refractivity contribution in [2.24, 2.45) is 0 Å². The van der Waals surface area contributed by atoms with Crippen molar-refractivity contribution in [3.8, 4) is 5.75 Å². The maximum atomic E-state index is 12.9. The lowest BCUT2D eigenvalue weighted by Gasteiger charge is -2.29. The molecule has 0 aliphatic rings. The molecule has 0 saturated heterocycles. The highest BCUT2D eigenvalue weighted by Crippen LogP contribution is 2.35. The smallest absolute Gasteiger partial charge is 0.306 e. The minimum absolute atomic E-state index is 0.236. The van der Waals surface area contributed by atoms with Gasteiger partial charge in [0.1, 0.15) is 5.75 Å². The van der Waals surface area contributed by atoms with E-state index >= 15 is 0 Å². The van der Waals surface area contributed by atoms with Gasteiger partial charge in [0.2, 0.25) is 0 Å². The molecule has 6 nitrogen and oxygen atoms in total. The van der Waals surface area contributed by atoms with Crippen molar-refractivity contribution in [3.63, 3.8) is 0 Å². The van der Waals surface area contributed by atoms with Gasteiger partial charge in [-0.3, -0.25) is 9.59 Å². The van der Waals surface area contributed by atoms with Crippen LogP contribution in [0.15, 0.2) is 72.8 Å². The largest absolute Gasteiger partial charge is 0.496 e. The lowest BCUT2D eigenvalue weighted by atomic mass is 10.0. The first kappa shape index (κ1) is 25.8. The van der Waals surface area contributed by atoms with Crippen molar-refractivity contribution in [1.29, 1.82) is 0 Å². The minimum atomic E-state index is -0.437. The molecule has 0 fully saturated rings. The molecule has 35 heavy (non-hydrogen) atoms. The number of nitrogens with zero attached hydrogens (tertiary/aromatic N) is 2. The quantitative estimate of drug-likeness (QED) is 0.255. The number of esters is 1. The molecule has 3 aromatic rings. The van der Waals surface area contributed by atoms with Crippen LogP contribution in [0.4, 0.5) is 11.4 Å². The zero-order chi connectivity index (χ0) is 25.2. The van der Waals surface area contributed by atoms with Gasteiger partial charge in [-0.25, -0.2) is 0 Å². The number of benzene rings is 3. The van der Waals surface area contributed by atoms with E-state index in [1.165, 1.54) is 0 Å². The topological polar surface area (TPSA) is 59.1 Å². The number of aldehydes is 1. The summed E-state index contributed by atoms with van der Waals surface area (Å²) >= 11 is 0. The van der Waals surface area contributed by atoms with Gasteiger partial charge in [0.25, 0.3) is 0 Å². The molecule has 3 aromatic carbocycles.